The van der Waals surface area contributed by atoms with Crippen molar-refractivity contribution in [1.29, 1.82) is 0 Å². The number of nitrogens with two attached hydrogens (primary N) is 1. The zero-order chi connectivity index (χ0) is 8.08. The Morgan fingerprint density at radius 1 is 1.30 bits per heavy atom. The second-order valence-corrected chi connectivity index (χ2v) is 1.68. The van der Waals surface area contributed by atoms with Crippen LogP contribution in [0, 0.1) is 0 Å². The van der Waals surface area contributed by atoms with Gasteiger partial charge in [-0.2, -0.15) is 8.42 Å². The molecule has 0 saturated heterocycles. The van der Waals surface area contributed by atoms with Gasteiger partial charge in [-0.05, 0) is 0 Å². The molecule has 0 heterocycles. The summed E-state index contributed by atoms with van der Waals surface area (Å²) in [5.74, 6) is 0. The minimum absolute atomic E-state index is 0. The molecule has 0 aromatic heterocycles. The molecule has 5 N–H and O–H groups in total. The fourth-order valence-electron chi connectivity index (χ4n) is 0. The van der Waals surface area contributed by atoms with Crippen molar-refractivity contribution in [3.8, 4) is 0 Å². The molecule has 7 nitrogen and oxygen atoms in total. The molecule has 0 rings (SSSR count). The first-order valence-electron chi connectivity index (χ1n) is 1.41. The van der Waals surface area contributed by atoms with Gasteiger partial charge in [0.1, 0.15) is 0 Å². The predicted molar refractivity (Wildman–Crippen MR) is 26.4 cm³/mol. The third-order valence-electron chi connectivity index (χ3n) is 0. The standard InChI is InChI=1S/CH3NO2.Cu.H2O4S/c2-1(3)4;;1-5(2,3)4/h2H2,(H,3,4);;(H2,1,2,3,4). The Morgan fingerprint density at radius 3 is 1.30 bits per heavy atom. The Kier molecular flexibility index (Phi) is 11.1. The third-order valence-corrected chi connectivity index (χ3v) is 0. The summed E-state index contributed by atoms with van der Waals surface area (Å²) >= 11 is 0. The summed E-state index contributed by atoms with van der Waals surface area (Å²) in [6, 6.07) is 0. The van der Waals surface area contributed by atoms with Gasteiger partial charge < -0.3 is 10.8 Å². The van der Waals surface area contributed by atoms with Crippen molar-refractivity contribution in [3.63, 3.8) is 0 Å². The van der Waals surface area contributed by atoms with Gasteiger partial charge >= 0.3 is 16.5 Å². The topological polar surface area (TPSA) is 138 Å². The van der Waals surface area contributed by atoms with Crippen LogP contribution < -0.4 is 5.73 Å². The Labute approximate surface area is 67.3 Å². The molecule has 0 fully saturated rings. The van der Waals surface area contributed by atoms with Crippen molar-refractivity contribution < 1.29 is 44.5 Å². The van der Waals surface area contributed by atoms with E-state index in [0.717, 1.165) is 0 Å². The zero-order valence-electron chi connectivity index (χ0n) is 4.35. The van der Waals surface area contributed by atoms with Crippen molar-refractivity contribution >= 4 is 16.5 Å². The Morgan fingerprint density at radius 2 is 1.30 bits per heavy atom. The van der Waals surface area contributed by atoms with Crippen LogP contribution in [0.5, 0.6) is 0 Å². The van der Waals surface area contributed by atoms with Crippen LogP contribution in [0.3, 0.4) is 0 Å². The van der Waals surface area contributed by atoms with Crippen LogP contribution in [0.2, 0.25) is 0 Å². The van der Waals surface area contributed by atoms with Gasteiger partial charge in [-0.15, -0.1) is 0 Å². The Hall–Kier alpha value is -0.341. The number of amides is 1. The number of hydrogen-bond acceptors (Lipinski definition) is 3. The molecular weight excluding hydrogens is 218 g/mol. The molecule has 0 atom stereocenters. The van der Waals surface area contributed by atoms with Gasteiger partial charge in [-0.1, -0.05) is 0 Å². The van der Waals surface area contributed by atoms with E-state index in [1.165, 1.54) is 0 Å². The summed E-state index contributed by atoms with van der Waals surface area (Å²) in [5.41, 5.74) is 4.03. The second kappa shape index (κ2) is 6.77. The van der Waals surface area contributed by atoms with Gasteiger partial charge in [-0.25, -0.2) is 4.79 Å². The fraction of sp³-hybridized carbons (Fsp3) is 0. The summed E-state index contributed by atoms with van der Waals surface area (Å²) in [6.45, 7) is 0. The molecule has 0 bridgehead atoms. The van der Waals surface area contributed by atoms with Crippen LogP contribution in [0.15, 0.2) is 0 Å². The maximum absolute atomic E-state index is 8.78. The molecule has 0 unspecified atom stereocenters. The summed E-state index contributed by atoms with van der Waals surface area (Å²) < 4.78 is 31.6. The molecule has 0 aromatic rings. The van der Waals surface area contributed by atoms with Crippen molar-refractivity contribution in [2.45, 2.75) is 0 Å². The van der Waals surface area contributed by atoms with Crippen molar-refractivity contribution in [2.24, 2.45) is 5.73 Å². The quantitative estimate of drug-likeness (QED) is 0.305. The molecule has 0 aromatic carbocycles. The van der Waals surface area contributed by atoms with E-state index in [2.05, 4.69) is 5.73 Å². The number of carboxylic acid groups (broad SMARTS) is 1. The molecule has 1 amide bonds. The zero-order valence-corrected chi connectivity index (χ0v) is 6.11. The van der Waals surface area contributed by atoms with Gasteiger partial charge in [0.2, 0.25) is 0 Å². The van der Waals surface area contributed by atoms with Gasteiger partial charge in [0, 0.05) is 17.1 Å². The minimum atomic E-state index is -4.67. The van der Waals surface area contributed by atoms with E-state index in [-0.39, 0.29) is 17.1 Å². The Bertz CT molecular complexity index is 160. The monoisotopic (exact) mass is 222 g/mol. The average Bonchev–Trinajstić information content (AvgIpc) is 1.19. The normalized spacial score (nSPS) is 8.20. The van der Waals surface area contributed by atoms with E-state index in [4.69, 9.17) is 27.4 Å². The summed E-state index contributed by atoms with van der Waals surface area (Å²) in [4.78, 5) is 8.78. The summed E-state index contributed by atoms with van der Waals surface area (Å²) in [5, 5.41) is 7.19. The maximum atomic E-state index is 8.78. The first kappa shape index (κ1) is 16.3. The molecule has 0 aliphatic heterocycles. The van der Waals surface area contributed by atoms with Crippen molar-refractivity contribution in [2.75, 3.05) is 0 Å². The van der Waals surface area contributed by atoms with Crippen LogP contribution in [-0.4, -0.2) is 28.7 Å². The fourth-order valence-corrected chi connectivity index (χ4v) is 0. The first-order chi connectivity index (χ1) is 3.73. The van der Waals surface area contributed by atoms with E-state index in [0.29, 0.717) is 0 Å². The number of primary amides is 1. The summed E-state index contributed by atoms with van der Waals surface area (Å²) in [6.07, 6.45) is -1.33. The SMILES string of the molecule is NC(=O)O.O=S(=O)(O)O.[Cu]. The van der Waals surface area contributed by atoms with Crippen molar-refractivity contribution in [3.05, 3.63) is 0 Å². The minimum Gasteiger partial charge on any atom is -0.465 e. The molecule has 0 spiro atoms. The molecular formula is CH5CuNO6S. The maximum Gasteiger partial charge on any atom is 0.402 e. The van der Waals surface area contributed by atoms with Gasteiger partial charge in [0.25, 0.3) is 0 Å². The van der Waals surface area contributed by atoms with Gasteiger partial charge in [0.05, 0.1) is 0 Å². The largest absolute Gasteiger partial charge is 0.465 e. The average molecular weight is 223 g/mol. The molecule has 1 radical (unpaired) electrons. The molecule has 10 heavy (non-hydrogen) atoms. The van der Waals surface area contributed by atoms with Crippen LogP contribution in [0.1, 0.15) is 0 Å². The van der Waals surface area contributed by atoms with E-state index >= 15 is 0 Å². The van der Waals surface area contributed by atoms with Crippen LogP contribution in [-0.2, 0) is 27.5 Å². The number of carbonyl (C=O) groups is 1. The van der Waals surface area contributed by atoms with E-state index < -0.39 is 16.5 Å². The number of hydrogen-bond donors (Lipinski definition) is 4. The molecule has 0 aliphatic rings. The molecule has 67 valence electrons. The van der Waals surface area contributed by atoms with Gasteiger partial charge in [0.15, 0.2) is 0 Å². The van der Waals surface area contributed by atoms with Crippen LogP contribution in [0.25, 0.3) is 0 Å². The van der Waals surface area contributed by atoms with E-state index in [1.807, 2.05) is 0 Å². The third kappa shape index (κ3) is 2930. The molecule has 0 aliphatic carbocycles. The predicted octanol–water partition coefficient (Wildman–Crippen LogP) is -1.03. The van der Waals surface area contributed by atoms with E-state index in [9.17, 15) is 0 Å². The molecule has 9 heteroatoms. The van der Waals surface area contributed by atoms with E-state index in [1.54, 1.807) is 0 Å². The van der Waals surface area contributed by atoms with Crippen LogP contribution >= 0.6 is 0 Å². The van der Waals surface area contributed by atoms with Crippen molar-refractivity contribution in [1.82, 2.24) is 0 Å². The molecule has 0 saturated carbocycles. The second-order valence-electron chi connectivity index (χ2n) is 0.786. The Balaban J connectivity index is -0.0000000910. The first-order valence-corrected chi connectivity index (χ1v) is 2.81. The van der Waals surface area contributed by atoms with Crippen LogP contribution in [0.4, 0.5) is 4.79 Å². The smallest absolute Gasteiger partial charge is 0.402 e. The number of rotatable bonds is 0. The summed E-state index contributed by atoms with van der Waals surface area (Å²) in [7, 11) is -4.67. The van der Waals surface area contributed by atoms with Gasteiger partial charge in [-0.3, -0.25) is 9.11 Å².